The van der Waals surface area contributed by atoms with Gasteiger partial charge in [0, 0.05) is 25.5 Å². The lowest BCUT2D eigenvalue weighted by Gasteiger charge is -2.20. The molecule has 0 aliphatic rings. The van der Waals surface area contributed by atoms with Gasteiger partial charge in [0.15, 0.2) is 17.4 Å². The zero-order chi connectivity index (χ0) is 17.8. The molecule has 5 nitrogen and oxygen atoms in total. The molecule has 0 aliphatic heterocycles. The molecule has 2 aromatic heterocycles. The van der Waals surface area contributed by atoms with Crippen LogP contribution in [-0.2, 0) is 13.1 Å². The normalized spacial score (nSPS) is 10.8. The van der Waals surface area contributed by atoms with Gasteiger partial charge in [0.1, 0.15) is 5.82 Å². The Morgan fingerprint density at radius 1 is 1.28 bits per heavy atom. The van der Waals surface area contributed by atoms with Crippen LogP contribution in [0.3, 0.4) is 0 Å². The standard InChI is InChI=1S/C18H17F2N3O2/c1-2-22(18(24)16-4-3-9-25-16)12-17-21-7-8-23(17)11-13-5-6-14(19)15(20)10-13/h3-10H,2,11-12H2,1H3. The Morgan fingerprint density at radius 2 is 2.12 bits per heavy atom. The Bertz CT molecular complexity index is 859. The minimum Gasteiger partial charge on any atom is -0.459 e. The molecule has 0 saturated heterocycles. The summed E-state index contributed by atoms with van der Waals surface area (Å²) in [4.78, 5) is 18.3. The molecule has 0 N–H and O–H groups in total. The Labute approximate surface area is 143 Å². The SMILES string of the molecule is CCN(Cc1nccn1Cc1ccc(F)c(F)c1)C(=O)c1ccco1. The van der Waals surface area contributed by atoms with Crippen molar-refractivity contribution in [2.75, 3.05) is 6.54 Å². The molecule has 0 spiro atoms. The fraction of sp³-hybridized carbons (Fsp3) is 0.222. The van der Waals surface area contributed by atoms with E-state index in [0.717, 1.165) is 12.1 Å². The van der Waals surface area contributed by atoms with Crippen molar-refractivity contribution in [3.8, 4) is 0 Å². The van der Waals surface area contributed by atoms with Crippen LogP contribution in [0.1, 0.15) is 28.9 Å². The van der Waals surface area contributed by atoms with Gasteiger partial charge >= 0.3 is 0 Å². The van der Waals surface area contributed by atoms with Gasteiger partial charge < -0.3 is 13.9 Å². The summed E-state index contributed by atoms with van der Waals surface area (Å²) in [5.41, 5.74) is 0.610. The fourth-order valence-corrected chi connectivity index (χ4v) is 2.52. The second-order valence-corrected chi connectivity index (χ2v) is 5.52. The maximum atomic E-state index is 13.4. The monoisotopic (exact) mass is 345 g/mol. The highest BCUT2D eigenvalue weighted by Crippen LogP contribution is 2.13. The molecular formula is C18H17F2N3O2. The van der Waals surface area contributed by atoms with Crippen molar-refractivity contribution in [2.24, 2.45) is 0 Å². The van der Waals surface area contributed by atoms with Crippen LogP contribution in [-0.4, -0.2) is 26.9 Å². The number of imidazole rings is 1. The average Bonchev–Trinajstić information content (AvgIpc) is 3.27. The van der Waals surface area contributed by atoms with Gasteiger partial charge in [-0.3, -0.25) is 4.79 Å². The third-order valence-electron chi connectivity index (χ3n) is 3.87. The highest BCUT2D eigenvalue weighted by molar-refractivity contribution is 5.91. The number of hydrogen-bond acceptors (Lipinski definition) is 3. The first-order chi connectivity index (χ1) is 12.1. The summed E-state index contributed by atoms with van der Waals surface area (Å²) in [6.07, 6.45) is 4.80. The maximum absolute atomic E-state index is 13.4. The zero-order valence-electron chi connectivity index (χ0n) is 13.7. The van der Waals surface area contributed by atoms with E-state index >= 15 is 0 Å². The Hall–Kier alpha value is -2.96. The zero-order valence-corrected chi connectivity index (χ0v) is 13.7. The highest BCUT2D eigenvalue weighted by Gasteiger charge is 2.19. The Morgan fingerprint density at radius 3 is 2.80 bits per heavy atom. The van der Waals surface area contributed by atoms with Crippen molar-refractivity contribution in [3.63, 3.8) is 0 Å². The molecule has 0 atom stereocenters. The number of hydrogen-bond donors (Lipinski definition) is 0. The number of carbonyl (C=O) groups excluding carboxylic acids is 1. The predicted octanol–water partition coefficient (Wildman–Crippen LogP) is 3.46. The van der Waals surface area contributed by atoms with E-state index in [4.69, 9.17) is 4.42 Å². The second-order valence-electron chi connectivity index (χ2n) is 5.52. The quantitative estimate of drug-likeness (QED) is 0.687. The van der Waals surface area contributed by atoms with Crippen molar-refractivity contribution in [3.05, 3.63) is 77.8 Å². The van der Waals surface area contributed by atoms with Crippen LogP contribution < -0.4 is 0 Å². The average molecular weight is 345 g/mol. The van der Waals surface area contributed by atoms with Crippen molar-refractivity contribution in [1.82, 2.24) is 14.5 Å². The number of aromatic nitrogens is 2. The summed E-state index contributed by atoms with van der Waals surface area (Å²) in [5, 5.41) is 0. The molecule has 1 aromatic carbocycles. The molecule has 3 aromatic rings. The smallest absolute Gasteiger partial charge is 0.289 e. The molecular weight excluding hydrogens is 328 g/mol. The summed E-state index contributed by atoms with van der Waals surface area (Å²) >= 11 is 0. The van der Waals surface area contributed by atoms with E-state index < -0.39 is 11.6 Å². The van der Waals surface area contributed by atoms with Gasteiger partial charge in [-0.05, 0) is 36.8 Å². The summed E-state index contributed by atoms with van der Waals surface area (Å²) in [6, 6.07) is 7.04. The molecule has 1 amide bonds. The van der Waals surface area contributed by atoms with E-state index in [2.05, 4.69) is 4.98 Å². The van der Waals surface area contributed by atoms with Crippen molar-refractivity contribution >= 4 is 5.91 Å². The van der Waals surface area contributed by atoms with Gasteiger partial charge in [-0.25, -0.2) is 13.8 Å². The molecule has 0 radical (unpaired) electrons. The first-order valence-electron chi connectivity index (χ1n) is 7.85. The highest BCUT2D eigenvalue weighted by atomic mass is 19.2. The molecule has 130 valence electrons. The summed E-state index contributed by atoms with van der Waals surface area (Å²) in [5.74, 6) is -1.08. The summed E-state index contributed by atoms with van der Waals surface area (Å²) < 4.78 is 33.4. The van der Waals surface area contributed by atoms with Gasteiger partial charge in [0.25, 0.3) is 5.91 Å². The number of carbonyl (C=O) groups is 1. The van der Waals surface area contributed by atoms with Gasteiger partial charge in [0.2, 0.25) is 0 Å². The van der Waals surface area contributed by atoms with Crippen LogP contribution in [0.5, 0.6) is 0 Å². The number of rotatable bonds is 6. The van der Waals surface area contributed by atoms with Gasteiger partial charge in [-0.15, -0.1) is 0 Å². The van der Waals surface area contributed by atoms with E-state index in [1.165, 1.54) is 12.3 Å². The second kappa shape index (κ2) is 7.29. The maximum Gasteiger partial charge on any atom is 0.289 e. The van der Waals surface area contributed by atoms with E-state index in [0.29, 0.717) is 24.5 Å². The lowest BCUT2D eigenvalue weighted by molar-refractivity contribution is 0.0714. The Kier molecular flexibility index (Phi) is 4.92. The van der Waals surface area contributed by atoms with E-state index in [1.807, 2.05) is 6.92 Å². The van der Waals surface area contributed by atoms with E-state index in [1.54, 1.807) is 34.0 Å². The molecule has 0 bridgehead atoms. The van der Waals surface area contributed by atoms with Crippen LogP contribution in [0, 0.1) is 11.6 Å². The molecule has 3 rings (SSSR count). The van der Waals surface area contributed by atoms with Crippen LogP contribution >= 0.6 is 0 Å². The first kappa shape index (κ1) is 16.9. The van der Waals surface area contributed by atoms with Crippen LogP contribution in [0.25, 0.3) is 0 Å². The number of nitrogens with zero attached hydrogens (tertiary/aromatic N) is 3. The molecule has 0 saturated carbocycles. The van der Waals surface area contributed by atoms with Crippen molar-refractivity contribution in [2.45, 2.75) is 20.0 Å². The predicted molar refractivity (Wildman–Crippen MR) is 86.8 cm³/mol. The Balaban J connectivity index is 1.76. The summed E-state index contributed by atoms with van der Waals surface area (Å²) in [7, 11) is 0. The molecule has 0 aliphatic carbocycles. The summed E-state index contributed by atoms with van der Waals surface area (Å²) in [6.45, 7) is 2.97. The van der Waals surface area contributed by atoms with Gasteiger partial charge in [-0.1, -0.05) is 6.07 Å². The molecule has 25 heavy (non-hydrogen) atoms. The van der Waals surface area contributed by atoms with E-state index in [-0.39, 0.29) is 18.2 Å². The van der Waals surface area contributed by atoms with Gasteiger partial charge in [0.05, 0.1) is 12.8 Å². The van der Waals surface area contributed by atoms with Crippen LogP contribution in [0.2, 0.25) is 0 Å². The number of amides is 1. The lowest BCUT2D eigenvalue weighted by Crippen LogP contribution is -2.31. The number of furan rings is 1. The largest absolute Gasteiger partial charge is 0.459 e. The minimum absolute atomic E-state index is 0.227. The van der Waals surface area contributed by atoms with Crippen molar-refractivity contribution < 1.29 is 18.0 Å². The molecule has 7 heteroatoms. The van der Waals surface area contributed by atoms with Gasteiger partial charge in [-0.2, -0.15) is 0 Å². The van der Waals surface area contributed by atoms with E-state index in [9.17, 15) is 13.6 Å². The first-order valence-corrected chi connectivity index (χ1v) is 7.85. The van der Waals surface area contributed by atoms with Crippen molar-refractivity contribution in [1.29, 1.82) is 0 Å². The fourth-order valence-electron chi connectivity index (χ4n) is 2.52. The molecule has 2 heterocycles. The molecule has 0 fully saturated rings. The number of halogens is 2. The third-order valence-corrected chi connectivity index (χ3v) is 3.87. The minimum atomic E-state index is -0.887. The molecule has 0 unspecified atom stereocenters. The topological polar surface area (TPSA) is 51.3 Å². The number of benzene rings is 1. The van der Waals surface area contributed by atoms with Crippen LogP contribution in [0.15, 0.2) is 53.4 Å². The van der Waals surface area contributed by atoms with Crippen LogP contribution in [0.4, 0.5) is 8.78 Å². The third kappa shape index (κ3) is 3.76. The lowest BCUT2D eigenvalue weighted by atomic mass is 10.2.